The maximum atomic E-state index is 12.3. The zero-order chi connectivity index (χ0) is 23.1. The van der Waals surface area contributed by atoms with Crippen LogP contribution in [0.1, 0.15) is 27.0 Å². The summed E-state index contributed by atoms with van der Waals surface area (Å²) in [5.41, 5.74) is 14.4. The summed E-state index contributed by atoms with van der Waals surface area (Å²) in [6, 6.07) is 26.8. The van der Waals surface area contributed by atoms with Crippen LogP contribution in [0.3, 0.4) is 0 Å². The molecule has 1 amide bonds. The van der Waals surface area contributed by atoms with Crippen LogP contribution in [0, 0.1) is 13.8 Å². The first kappa shape index (κ1) is 20.8. The fourth-order valence-corrected chi connectivity index (χ4v) is 4.68. The van der Waals surface area contributed by atoms with E-state index in [9.17, 15) is 4.79 Å². The summed E-state index contributed by atoms with van der Waals surface area (Å²) >= 11 is 0. The molecule has 5 aromatic rings. The summed E-state index contributed by atoms with van der Waals surface area (Å²) in [6.07, 6.45) is 0. The maximum Gasteiger partial charge on any atom is 0.249 e. The van der Waals surface area contributed by atoms with Gasteiger partial charge in [0.1, 0.15) is 5.75 Å². The third kappa shape index (κ3) is 3.64. The molecule has 0 spiro atoms. The van der Waals surface area contributed by atoms with E-state index in [-0.39, 0.29) is 0 Å². The van der Waals surface area contributed by atoms with Gasteiger partial charge >= 0.3 is 0 Å². The van der Waals surface area contributed by atoms with E-state index in [2.05, 4.69) is 73.0 Å². The first-order valence-corrected chi connectivity index (χ1v) is 11.0. The van der Waals surface area contributed by atoms with Crippen LogP contribution in [0.2, 0.25) is 0 Å². The lowest BCUT2D eigenvalue weighted by molar-refractivity contribution is 0.100. The number of rotatable bonds is 5. The molecule has 0 saturated heterocycles. The van der Waals surface area contributed by atoms with Crippen LogP contribution in [-0.2, 0) is 6.54 Å². The fourth-order valence-electron chi connectivity index (χ4n) is 4.68. The van der Waals surface area contributed by atoms with Crippen molar-refractivity contribution in [2.24, 2.45) is 5.73 Å². The molecule has 164 valence electrons. The number of amides is 1. The number of hydrogen-bond acceptors (Lipinski definition) is 2. The van der Waals surface area contributed by atoms with Crippen LogP contribution in [0.25, 0.3) is 32.9 Å². The van der Waals surface area contributed by atoms with Gasteiger partial charge in [-0.3, -0.25) is 4.79 Å². The van der Waals surface area contributed by atoms with Gasteiger partial charge in [0.2, 0.25) is 5.91 Å². The Labute approximate surface area is 193 Å². The van der Waals surface area contributed by atoms with Crippen molar-refractivity contribution in [2.75, 3.05) is 7.11 Å². The lowest BCUT2D eigenvalue weighted by Crippen LogP contribution is -2.11. The van der Waals surface area contributed by atoms with Crippen LogP contribution in [0.15, 0.2) is 78.9 Å². The normalized spacial score (nSPS) is 11.2. The molecule has 1 aromatic heterocycles. The molecule has 1 heterocycles. The number of hydrogen-bond donors (Lipinski definition) is 1. The largest absolute Gasteiger partial charge is 0.497 e. The third-order valence-electron chi connectivity index (χ3n) is 6.41. The number of primary amides is 1. The molecule has 4 aromatic carbocycles. The van der Waals surface area contributed by atoms with Gasteiger partial charge in [0.05, 0.1) is 18.1 Å². The van der Waals surface area contributed by atoms with Crippen molar-refractivity contribution in [3.8, 4) is 16.9 Å². The number of carbonyl (C=O) groups excluding carboxylic acids is 1. The Balaban J connectivity index is 1.77. The summed E-state index contributed by atoms with van der Waals surface area (Å²) < 4.78 is 7.60. The van der Waals surface area contributed by atoms with Crippen LogP contribution < -0.4 is 10.5 Å². The lowest BCUT2D eigenvalue weighted by Gasteiger charge is -2.12. The molecule has 4 nitrogen and oxygen atoms in total. The van der Waals surface area contributed by atoms with Gasteiger partial charge in [-0.25, -0.2) is 0 Å². The summed E-state index contributed by atoms with van der Waals surface area (Å²) in [5.74, 6) is 0.417. The Kier molecular flexibility index (Phi) is 5.14. The third-order valence-corrected chi connectivity index (χ3v) is 6.41. The van der Waals surface area contributed by atoms with Gasteiger partial charge in [-0.15, -0.1) is 0 Å². The molecule has 2 N–H and O–H groups in total. The van der Waals surface area contributed by atoms with Gasteiger partial charge in [0, 0.05) is 22.9 Å². The summed E-state index contributed by atoms with van der Waals surface area (Å²) in [7, 11) is 1.67. The minimum Gasteiger partial charge on any atom is -0.497 e. The topological polar surface area (TPSA) is 57.2 Å². The van der Waals surface area contributed by atoms with E-state index >= 15 is 0 Å². The number of fused-ring (bicyclic) bond motifs is 3. The number of benzene rings is 4. The summed E-state index contributed by atoms with van der Waals surface area (Å²) in [5, 5.41) is 1.94. The highest BCUT2D eigenvalue weighted by Crippen LogP contribution is 2.35. The molecule has 0 atom stereocenters. The standard InChI is InChI=1S/C29H26N2O2/c1-18-7-8-22(19(2)15-18)17-31-26-6-4-5-25(29(30)32)28(26)24-14-11-21(16-27(24)31)20-9-12-23(33-3)13-10-20/h4-16H,17H2,1-3H3,(H2,30,32). The molecule has 33 heavy (non-hydrogen) atoms. The molecule has 4 heteroatoms. The molecule has 0 aliphatic carbocycles. The van der Waals surface area contributed by atoms with Gasteiger partial charge < -0.3 is 15.0 Å². The number of aryl methyl sites for hydroxylation is 2. The second-order valence-corrected chi connectivity index (χ2v) is 8.54. The minimum absolute atomic E-state index is 0.412. The first-order chi connectivity index (χ1) is 16.0. The monoisotopic (exact) mass is 434 g/mol. The van der Waals surface area contributed by atoms with Gasteiger partial charge in [-0.2, -0.15) is 0 Å². The first-order valence-electron chi connectivity index (χ1n) is 11.0. The molecule has 0 fully saturated rings. The minimum atomic E-state index is -0.412. The molecule has 0 saturated carbocycles. The Morgan fingerprint density at radius 1 is 0.879 bits per heavy atom. The quantitative estimate of drug-likeness (QED) is 0.356. The Morgan fingerprint density at radius 3 is 2.33 bits per heavy atom. The summed E-state index contributed by atoms with van der Waals surface area (Å²) in [4.78, 5) is 12.3. The van der Waals surface area contributed by atoms with Gasteiger partial charge in [0.25, 0.3) is 0 Å². The molecule has 0 radical (unpaired) electrons. The maximum absolute atomic E-state index is 12.3. The van der Waals surface area contributed by atoms with Gasteiger partial charge in [-0.05, 0) is 66.4 Å². The van der Waals surface area contributed by atoms with Crippen molar-refractivity contribution >= 4 is 27.7 Å². The second-order valence-electron chi connectivity index (χ2n) is 8.54. The fraction of sp³-hybridized carbons (Fsp3) is 0.138. The average molecular weight is 435 g/mol. The summed E-state index contributed by atoms with van der Waals surface area (Å²) in [6.45, 7) is 4.96. The van der Waals surface area contributed by atoms with Crippen molar-refractivity contribution in [1.29, 1.82) is 0 Å². The predicted molar refractivity (Wildman–Crippen MR) is 135 cm³/mol. The van der Waals surface area contributed by atoms with Crippen molar-refractivity contribution in [3.05, 3.63) is 101 Å². The van der Waals surface area contributed by atoms with Gasteiger partial charge in [-0.1, -0.05) is 54.1 Å². The van der Waals surface area contributed by atoms with E-state index in [1.807, 2.05) is 24.3 Å². The SMILES string of the molecule is COc1ccc(-c2ccc3c4c(C(N)=O)cccc4n(Cc4ccc(C)cc4C)c3c2)cc1. The van der Waals surface area contributed by atoms with E-state index in [4.69, 9.17) is 10.5 Å². The molecular weight excluding hydrogens is 408 g/mol. The number of nitrogens with two attached hydrogens (primary N) is 1. The second kappa shape index (κ2) is 8.14. The van der Waals surface area contributed by atoms with Gasteiger partial charge in [0.15, 0.2) is 0 Å². The lowest BCUT2D eigenvalue weighted by atomic mass is 10.0. The molecule has 0 bridgehead atoms. The van der Waals surface area contributed by atoms with E-state index in [1.54, 1.807) is 7.11 Å². The molecule has 0 unspecified atom stereocenters. The molecule has 0 aliphatic heterocycles. The van der Waals surface area contributed by atoms with E-state index in [0.29, 0.717) is 12.1 Å². The van der Waals surface area contributed by atoms with Crippen molar-refractivity contribution in [3.63, 3.8) is 0 Å². The zero-order valence-electron chi connectivity index (χ0n) is 19.1. The van der Waals surface area contributed by atoms with Crippen molar-refractivity contribution in [2.45, 2.75) is 20.4 Å². The van der Waals surface area contributed by atoms with E-state index < -0.39 is 5.91 Å². The van der Waals surface area contributed by atoms with Crippen molar-refractivity contribution in [1.82, 2.24) is 4.57 Å². The highest BCUT2D eigenvalue weighted by atomic mass is 16.5. The highest BCUT2D eigenvalue weighted by molar-refractivity contribution is 6.18. The molecule has 0 aliphatic rings. The molecular formula is C29H26N2O2. The number of nitrogens with zero attached hydrogens (tertiary/aromatic N) is 1. The van der Waals surface area contributed by atoms with Crippen LogP contribution >= 0.6 is 0 Å². The Hall–Kier alpha value is -4.05. The molecule has 5 rings (SSSR count). The Bertz CT molecular complexity index is 1510. The van der Waals surface area contributed by atoms with E-state index in [0.717, 1.165) is 38.7 Å². The number of ether oxygens (including phenoxy) is 1. The van der Waals surface area contributed by atoms with Crippen LogP contribution in [-0.4, -0.2) is 17.6 Å². The predicted octanol–water partition coefficient (Wildman–Crippen LogP) is 6.23. The van der Waals surface area contributed by atoms with Crippen LogP contribution in [0.4, 0.5) is 0 Å². The number of carbonyl (C=O) groups is 1. The zero-order valence-corrected chi connectivity index (χ0v) is 19.1. The Morgan fingerprint density at radius 2 is 1.64 bits per heavy atom. The number of aromatic nitrogens is 1. The van der Waals surface area contributed by atoms with Crippen molar-refractivity contribution < 1.29 is 9.53 Å². The van der Waals surface area contributed by atoms with Crippen LogP contribution in [0.5, 0.6) is 5.75 Å². The highest BCUT2D eigenvalue weighted by Gasteiger charge is 2.17. The average Bonchev–Trinajstić information content (AvgIpc) is 3.13. The van der Waals surface area contributed by atoms with E-state index in [1.165, 1.54) is 16.7 Å². The smallest absolute Gasteiger partial charge is 0.249 e. The number of methoxy groups -OCH3 is 1.